The Kier molecular flexibility index (Phi) is 4.82. The lowest BCUT2D eigenvalue weighted by atomic mass is 10.2. The van der Waals surface area contributed by atoms with Gasteiger partial charge in [-0.05, 0) is 42.5 Å². The quantitative estimate of drug-likeness (QED) is 0.821. The maximum absolute atomic E-state index is 11.8. The Morgan fingerprint density at radius 1 is 1.37 bits per heavy atom. The molecule has 3 nitrogen and oxygen atoms in total. The molecular weight excluding hydrogens is 280 g/mol. The van der Waals surface area contributed by atoms with Crippen molar-refractivity contribution in [1.82, 2.24) is 0 Å². The van der Waals surface area contributed by atoms with Crippen LogP contribution in [0.3, 0.4) is 0 Å². The highest BCUT2D eigenvalue weighted by atomic mass is 35.5. The summed E-state index contributed by atoms with van der Waals surface area (Å²) in [5, 5.41) is 5.30. The number of thiophene rings is 1. The summed E-state index contributed by atoms with van der Waals surface area (Å²) in [6.07, 6.45) is 2.25. The van der Waals surface area contributed by atoms with Crippen LogP contribution in [0.1, 0.15) is 17.7 Å². The Morgan fingerprint density at radius 3 is 2.89 bits per heavy atom. The molecule has 0 radical (unpaired) electrons. The fourth-order valence-corrected chi connectivity index (χ4v) is 2.71. The van der Waals surface area contributed by atoms with Crippen LogP contribution in [0.15, 0.2) is 35.7 Å². The van der Waals surface area contributed by atoms with Crippen LogP contribution in [0.25, 0.3) is 0 Å². The predicted octanol–water partition coefficient (Wildman–Crippen LogP) is 3.95. The number of nitrogen functional groups attached to an aromatic ring is 1. The smallest absolute Gasteiger partial charge is 0.224 e. The van der Waals surface area contributed by atoms with Gasteiger partial charge in [-0.2, -0.15) is 0 Å². The van der Waals surface area contributed by atoms with Crippen LogP contribution in [0.4, 0.5) is 11.4 Å². The van der Waals surface area contributed by atoms with Crippen molar-refractivity contribution in [3.63, 3.8) is 0 Å². The maximum Gasteiger partial charge on any atom is 0.224 e. The Bertz CT molecular complexity index is 555. The molecule has 1 aromatic carbocycles. The van der Waals surface area contributed by atoms with Crippen molar-refractivity contribution in [3.05, 3.63) is 45.6 Å². The third-order valence-electron chi connectivity index (χ3n) is 2.67. The SMILES string of the molecule is Nc1ccc(NC(=O)CCCc2cccs2)c(Cl)c1. The molecule has 100 valence electrons. The molecule has 0 aliphatic rings. The lowest BCUT2D eigenvalue weighted by Crippen LogP contribution is -2.11. The number of benzene rings is 1. The van der Waals surface area contributed by atoms with Gasteiger partial charge in [0.2, 0.25) is 5.91 Å². The highest BCUT2D eigenvalue weighted by Gasteiger charge is 2.06. The average molecular weight is 295 g/mol. The van der Waals surface area contributed by atoms with Gasteiger partial charge in [0.15, 0.2) is 0 Å². The van der Waals surface area contributed by atoms with Crippen molar-refractivity contribution >= 4 is 40.2 Å². The van der Waals surface area contributed by atoms with Crippen molar-refractivity contribution in [3.8, 4) is 0 Å². The van der Waals surface area contributed by atoms with Crippen LogP contribution < -0.4 is 11.1 Å². The van der Waals surface area contributed by atoms with E-state index < -0.39 is 0 Å². The minimum atomic E-state index is -0.0248. The molecular formula is C14H15ClN2OS. The molecule has 0 saturated heterocycles. The minimum absolute atomic E-state index is 0.0248. The van der Waals surface area contributed by atoms with Crippen molar-refractivity contribution in [1.29, 1.82) is 0 Å². The van der Waals surface area contributed by atoms with E-state index in [4.69, 9.17) is 17.3 Å². The van der Waals surface area contributed by atoms with Gasteiger partial charge < -0.3 is 11.1 Å². The predicted molar refractivity (Wildman–Crippen MR) is 81.8 cm³/mol. The molecule has 0 aliphatic carbocycles. The molecule has 2 aromatic rings. The van der Waals surface area contributed by atoms with E-state index in [1.54, 1.807) is 29.5 Å². The Hall–Kier alpha value is -1.52. The number of anilines is 2. The van der Waals surface area contributed by atoms with E-state index in [2.05, 4.69) is 11.4 Å². The number of halogens is 1. The van der Waals surface area contributed by atoms with Gasteiger partial charge in [-0.1, -0.05) is 17.7 Å². The molecule has 1 amide bonds. The van der Waals surface area contributed by atoms with E-state index in [0.717, 1.165) is 12.8 Å². The maximum atomic E-state index is 11.8. The molecule has 0 saturated carbocycles. The van der Waals surface area contributed by atoms with Crippen molar-refractivity contribution in [2.24, 2.45) is 0 Å². The topological polar surface area (TPSA) is 55.1 Å². The Labute approximate surface area is 121 Å². The van der Waals surface area contributed by atoms with E-state index in [1.165, 1.54) is 4.88 Å². The lowest BCUT2D eigenvalue weighted by molar-refractivity contribution is -0.116. The Morgan fingerprint density at radius 2 is 2.21 bits per heavy atom. The van der Waals surface area contributed by atoms with E-state index in [-0.39, 0.29) is 5.91 Å². The normalized spacial score (nSPS) is 10.4. The van der Waals surface area contributed by atoms with Gasteiger partial charge in [0.05, 0.1) is 10.7 Å². The van der Waals surface area contributed by atoms with Crippen molar-refractivity contribution in [2.75, 3.05) is 11.1 Å². The molecule has 0 bridgehead atoms. The molecule has 0 fully saturated rings. The van der Waals surface area contributed by atoms with Crippen LogP contribution in [0.2, 0.25) is 5.02 Å². The number of hydrogen-bond acceptors (Lipinski definition) is 3. The molecule has 0 spiro atoms. The van der Waals surface area contributed by atoms with E-state index in [1.807, 2.05) is 11.4 Å². The molecule has 5 heteroatoms. The fraction of sp³-hybridized carbons (Fsp3) is 0.214. The first kappa shape index (κ1) is 13.9. The number of aryl methyl sites for hydroxylation is 1. The summed E-state index contributed by atoms with van der Waals surface area (Å²) in [5.41, 5.74) is 6.79. The minimum Gasteiger partial charge on any atom is -0.399 e. The largest absolute Gasteiger partial charge is 0.399 e. The number of nitrogens with one attached hydrogen (secondary N) is 1. The van der Waals surface area contributed by atoms with Gasteiger partial charge in [-0.3, -0.25) is 4.79 Å². The first-order chi connectivity index (χ1) is 9.15. The zero-order valence-corrected chi connectivity index (χ0v) is 11.9. The number of amides is 1. The number of nitrogens with two attached hydrogens (primary N) is 1. The number of carbonyl (C=O) groups excluding carboxylic acids is 1. The second kappa shape index (κ2) is 6.59. The van der Waals surface area contributed by atoms with Gasteiger partial charge >= 0.3 is 0 Å². The van der Waals surface area contributed by atoms with Crippen LogP contribution in [0.5, 0.6) is 0 Å². The lowest BCUT2D eigenvalue weighted by Gasteiger charge is -2.07. The summed E-state index contributed by atoms with van der Waals surface area (Å²) in [7, 11) is 0. The van der Waals surface area contributed by atoms with Crippen LogP contribution >= 0.6 is 22.9 Å². The Balaban J connectivity index is 1.80. The van der Waals surface area contributed by atoms with Crippen LogP contribution in [-0.4, -0.2) is 5.91 Å². The molecule has 0 unspecified atom stereocenters. The summed E-state index contributed by atoms with van der Waals surface area (Å²) in [5.74, 6) is -0.0248. The monoisotopic (exact) mass is 294 g/mol. The van der Waals surface area contributed by atoms with Gasteiger partial charge in [-0.25, -0.2) is 0 Å². The van der Waals surface area contributed by atoms with Crippen molar-refractivity contribution < 1.29 is 4.79 Å². The summed E-state index contributed by atoms with van der Waals surface area (Å²) >= 11 is 7.71. The molecule has 1 heterocycles. The highest BCUT2D eigenvalue weighted by molar-refractivity contribution is 7.09. The zero-order valence-electron chi connectivity index (χ0n) is 10.4. The summed E-state index contributed by atoms with van der Waals surface area (Å²) in [6.45, 7) is 0. The van der Waals surface area contributed by atoms with Gasteiger partial charge in [0.25, 0.3) is 0 Å². The third-order valence-corrected chi connectivity index (χ3v) is 3.92. The molecule has 19 heavy (non-hydrogen) atoms. The first-order valence-electron chi connectivity index (χ1n) is 6.02. The molecule has 0 aliphatic heterocycles. The van der Waals surface area contributed by atoms with Crippen LogP contribution in [-0.2, 0) is 11.2 Å². The fourth-order valence-electron chi connectivity index (χ4n) is 1.72. The molecule has 0 atom stereocenters. The van der Waals surface area contributed by atoms with Gasteiger partial charge in [0.1, 0.15) is 0 Å². The standard InChI is InChI=1S/C14H15ClN2OS/c15-12-9-10(16)6-7-13(12)17-14(18)5-1-3-11-4-2-8-19-11/h2,4,6-9H,1,3,5,16H2,(H,17,18). The zero-order chi connectivity index (χ0) is 13.7. The highest BCUT2D eigenvalue weighted by Crippen LogP contribution is 2.24. The van der Waals surface area contributed by atoms with E-state index in [9.17, 15) is 4.79 Å². The van der Waals surface area contributed by atoms with Crippen molar-refractivity contribution in [2.45, 2.75) is 19.3 Å². The van der Waals surface area contributed by atoms with E-state index >= 15 is 0 Å². The second-order valence-electron chi connectivity index (χ2n) is 4.22. The third kappa shape index (κ3) is 4.26. The van der Waals surface area contributed by atoms with Crippen LogP contribution in [0, 0.1) is 0 Å². The summed E-state index contributed by atoms with van der Waals surface area (Å²) in [4.78, 5) is 13.1. The molecule has 3 N–H and O–H groups in total. The average Bonchev–Trinajstić information content (AvgIpc) is 2.86. The molecule has 2 rings (SSSR count). The summed E-state index contributed by atoms with van der Waals surface area (Å²) in [6, 6.07) is 9.17. The van der Waals surface area contributed by atoms with Gasteiger partial charge in [0, 0.05) is 17.0 Å². The number of rotatable bonds is 5. The number of hydrogen-bond donors (Lipinski definition) is 2. The number of carbonyl (C=O) groups is 1. The van der Waals surface area contributed by atoms with E-state index in [0.29, 0.717) is 22.8 Å². The summed E-state index contributed by atoms with van der Waals surface area (Å²) < 4.78 is 0. The van der Waals surface area contributed by atoms with Gasteiger partial charge in [-0.15, -0.1) is 11.3 Å². The first-order valence-corrected chi connectivity index (χ1v) is 7.28. The molecule has 1 aromatic heterocycles. The second-order valence-corrected chi connectivity index (χ2v) is 5.66.